The molecule has 0 saturated heterocycles. The molecule has 2 N–H and O–H groups in total. The highest BCUT2D eigenvalue weighted by molar-refractivity contribution is 5.32. The van der Waals surface area contributed by atoms with Gasteiger partial charge < -0.3 is 10.4 Å². The van der Waals surface area contributed by atoms with E-state index in [1.165, 1.54) is 5.56 Å². The number of nitro groups is 1. The van der Waals surface area contributed by atoms with Gasteiger partial charge >= 0.3 is 5.69 Å². The normalized spacial score (nSPS) is 12.7. The Balaban J connectivity index is 1.96. The zero-order chi connectivity index (χ0) is 17.0. The number of nitrogens with one attached hydrogen (secondary N) is 1. The van der Waals surface area contributed by atoms with Crippen molar-refractivity contribution in [3.05, 3.63) is 57.9 Å². The highest BCUT2D eigenvalue weighted by Gasteiger charge is 2.15. The zero-order valence-electron chi connectivity index (χ0n) is 13.4. The number of rotatable bonds is 5. The average Bonchev–Trinajstić information content (AvgIpc) is 2.52. The summed E-state index contributed by atoms with van der Waals surface area (Å²) in [6, 6.07) is 7.79. The maximum Gasteiger partial charge on any atom is 0.305 e. The Morgan fingerprint density at radius 1 is 1.22 bits per heavy atom. The Morgan fingerprint density at radius 2 is 1.78 bits per heavy atom. The summed E-state index contributed by atoms with van der Waals surface area (Å²) in [6.45, 7) is 6.61. The molecule has 0 fully saturated rings. The lowest BCUT2D eigenvalue weighted by atomic mass is 9.86. The van der Waals surface area contributed by atoms with Gasteiger partial charge in [-0.05, 0) is 16.5 Å². The number of benzene rings is 1. The van der Waals surface area contributed by atoms with Crippen molar-refractivity contribution in [2.24, 2.45) is 0 Å². The number of nitrogens with zero attached hydrogens (tertiary/aromatic N) is 3. The molecule has 0 saturated carbocycles. The molecule has 0 aliphatic heterocycles. The van der Waals surface area contributed by atoms with Crippen LogP contribution in [0.3, 0.4) is 0 Å². The first-order chi connectivity index (χ1) is 10.8. The monoisotopic (exact) mass is 316 g/mol. The molecule has 1 heterocycles. The first-order valence-corrected chi connectivity index (χ1v) is 7.26. The maximum atomic E-state index is 10.5. The molecule has 7 nitrogen and oxygen atoms in total. The van der Waals surface area contributed by atoms with Crippen molar-refractivity contribution < 1.29 is 10.0 Å². The van der Waals surface area contributed by atoms with Gasteiger partial charge in [-0.1, -0.05) is 45.0 Å². The lowest BCUT2D eigenvalue weighted by molar-refractivity contribution is -0.385. The van der Waals surface area contributed by atoms with Gasteiger partial charge in [0.2, 0.25) is 5.95 Å². The fourth-order valence-electron chi connectivity index (χ4n) is 2.02. The smallest absolute Gasteiger partial charge is 0.305 e. The van der Waals surface area contributed by atoms with Crippen molar-refractivity contribution in [3.63, 3.8) is 0 Å². The van der Waals surface area contributed by atoms with Gasteiger partial charge in [-0.15, -0.1) is 0 Å². The van der Waals surface area contributed by atoms with Crippen molar-refractivity contribution in [3.8, 4) is 0 Å². The van der Waals surface area contributed by atoms with Crippen LogP contribution in [0.25, 0.3) is 0 Å². The van der Waals surface area contributed by atoms with Crippen LogP contribution < -0.4 is 5.32 Å². The lowest BCUT2D eigenvalue weighted by Crippen LogP contribution is -2.15. The van der Waals surface area contributed by atoms with Crippen LogP contribution in [0, 0.1) is 10.1 Å². The van der Waals surface area contributed by atoms with E-state index in [-0.39, 0.29) is 23.6 Å². The largest absolute Gasteiger partial charge is 0.387 e. The molecule has 1 aromatic carbocycles. The second-order valence-electron chi connectivity index (χ2n) is 6.29. The predicted molar refractivity (Wildman–Crippen MR) is 87.3 cm³/mol. The van der Waals surface area contributed by atoms with Crippen LogP contribution >= 0.6 is 0 Å². The van der Waals surface area contributed by atoms with Crippen LogP contribution in [0.1, 0.15) is 38.0 Å². The van der Waals surface area contributed by atoms with Gasteiger partial charge in [-0.3, -0.25) is 10.1 Å². The van der Waals surface area contributed by atoms with E-state index in [1.54, 1.807) is 0 Å². The number of anilines is 1. The van der Waals surface area contributed by atoms with Crippen LogP contribution in [0.2, 0.25) is 0 Å². The minimum Gasteiger partial charge on any atom is -0.387 e. The fraction of sp³-hybridized carbons (Fsp3) is 0.375. The molecule has 0 spiro atoms. The van der Waals surface area contributed by atoms with Crippen molar-refractivity contribution in [2.75, 3.05) is 11.9 Å². The van der Waals surface area contributed by atoms with Crippen LogP contribution in [0.15, 0.2) is 36.7 Å². The minimum absolute atomic E-state index is 0.0638. The maximum absolute atomic E-state index is 10.5. The van der Waals surface area contributed by atoms with E-state index in [1.807, 2.05) is 24.3 Å². The van der Waals surface area contributed by atoms with Crippen molar-refractivity contribution >= 4 is 11.6 Å². The standard InChI is InChI=1S/C16H20N4O3/c1-16(2,3)12-6-4-11(5-7-12)14(21)10-19-15-17-8-13(9-18-15)20(22)23/h4-9,14,21H,10H2,1-3H3,(H,17,18,19)/t14-/m0/s1. The van der Waals surface area contributed by atoms with Gasteiger partial charge in [-0.25, -0.2) is 9.97 Å². The number of aromatic nitrogens is 2. The molecule has 0 aliphatic carbocycles. The molecule has 0 amide bonds. The van der Waals surface area contributed by atoms with E-state index in [0.29, 0.717) is 0 Å². The van der Waals surface area contributed by atoms with Gasteiger partial charge in [0.25, 0.3) is 0 Å². The summed E-state index contributed by atoms with van der Waals surface area (Å²) in [7, 11) is 0. The molecule has 0 radical (unpaired) electrons. The summed E-state index contributed by atoms with van der Waals surface area (Å²) in [4.78, 5) is 17.6. The molecule has 0 aliphatic rings. The third-order valence-electron chi connectivity index (χ3n) is 3.46. The van der Waals surface area contributed by atoms with Crippen LogP contribution in [-0.4, -0.2) is 26.5 Å². The Labute approximate surface area is 134 Å². The van der Waals surface area contributed by atoms with Crippen molar-refractivity contribution in [2.45, 2.75) is 32.3 Å². The first-order valence-electron chi connectivity index (χ1n) is 7.26. The molecule has 122 valence electrons. The van der Waals surface area contributed by atoms with Crippen LogP contribution in [-0.2, 0) is 5.41 Å². The molecular weight excluding hydrogens is 296 g/mol. The predicted octanol–water partition coefficient (Wildman–Crippen LogP) is 2.83. The van der Waals surface area contributed by atoms with Crippen LogP contribution in [0.5, 0.6) is 0 Å². The molecule has 2 aromatic rings. The topological polar surface area (TPSA) is 101 Å². The van der Waals surface area contributed by atoms with E-state index < -0.39 is 11.0 Å². The van der Waals surface area contributed by atoms with Gasteiger partial charge in [0.05, 0.1) is 11.0 Å². The number of aliphatic hydroxyl groups excluding tert-OH is 1. The molecule has 1 atom stereocenters. The van der Waals surface area contributed by atoms with E-state index in [0.717, 1.165) is 18.0 Å². The lowest BCUT2D eigenvalue weighted by Gasteiger charge is -2.20. The summed E-state index contributed by atoms with van der Waals surface area (Å²) >= 11 is 0. The van der Waals surface area contributed by atoms with E-state index in [4.69, 9.17) is 0 Å². The molecule has 7 heteroatoms. The highest BCUT2D eigenvalue weighted by atomic mass is 16.6. The Hall–Kier alpha value is -2.54. The van der Waals surface area contributed by atoms with Crippen molar-refractivity contribution in [1.29, 1.82) is 0 Å². The number of hydrogen-bond donors (Lipinski definition) is 2. The second-order valence-corrected chi connectivity index (χ2v) is 6.29. The molecule has 0 bridgehead atoms. The van der Waals surface area contributed by atoms with Gasteiger partial charge in [0.15, 0.2) is 0 Å². The average molecular weight is 316 g/mol. The second kappa shape index (κ2) is 6.70. The number of hydrogen-bond acceptors (Lipinski definition) is 6. The molecule has 0 unspecified atom stereocenters. The first kappa shape index (κ1) is 16.8. The Morgan fingerprint density at radius 3 is 2.26 bits per heavy atom. The fourth-order valence-corrected chi connectivity index (χ4v) is 2.02. The summed E-state index contributed by atoms with van der Waals surface area (Å²) in [6.07, 6.45) is 1.53. The minimum atomic E-state index is -0.720. The Bertz CT molecular complexity index is 663. The molecule has 1 aromatic heterocycles. The third-order valence-corrected chi connectivity index (χ3v) is 3.46. The summed E-state index contributed by atoms with van der Waals surface area (Å²) in [5.41, 5.74) is 1.87. The van der Waals surface area contributed by atoms with Gasteiger partial charge in [-0.2, -0.15) is 0 Å². The zero-order valence-corrected chi connectivity index (χ0v) is 13.4. The molecular formula is C16H20N4O3. The molecule has 23 heavy (non-hydrogen) atoms. The summed E-state index contributed by atoms with van der Waals surface area (Å²) < 4.78 is 0. The van der Waals surface area contributed by atoms with Crippen LogP contribution in [0.4, 0.5) is 11.6 Å². The number of aliphatic hydroxyl groups is 1. The van der Waals surface area contributed by atoms with Gasteiger partial charge in [0, 0.05) is 6.54 Å². The summed E-state index contributed by atoms with van der Waals surface area (Å²) in [5.74, 6) is 0.237. The molecule has 2 rings (SSSR count). The third kappa shape index (κ3) is 4.46. The van der Waals surface area contributed by atoms with Crippen molar-refractivity contribution in [1.82, 2.24) is 9.97 Å². The SMILES string of the molecule is CC(C)(C)c1ccc([C@@H](O)CNc2ncc([N+](=O)[O-])cn2)cc1. The van der Waals surface area contributed by atoms with E-state index in [9.17, 15) is 15.2 Å². The van der Waals surface area contributed by atoms with Gasteiger partial charge in [0.1, 0.15) is 12.4 Å². The quantitative estimate of drug-likeness (QED) is 0.649. The van der Waals surface area contributed by atoms with E-state index >= 15 is 0 Å². The highest BCUT2D eigenvalue weighted by Crippen LogP contribution is 2.24. The van der Waals surface area contributed by atoms with E-state index in [2.05, 4.69) is 36.1 Å². The summed E-state index contributed by atoms with van der Waals surface area (Å²) in [5, 5.41) is 23.6. The Kier molecular flexibility index (Phi) is 4.90.